The number of rotatable bonds is 5. The first-order chi connectivity index (χ1) is 8.56. The molecule has 0 fully saturated rings. The minimum atomic E-state index is -0.678. The number of benzene rings is 1. The molecule has 4 heteroatoms. The van der Waals surface area contributed by atoms with Crippen LogP contribution in [0.15, 0.2) is 42.5 Å². The lowest BCUT2D eigenvalue weighted by Gasteiger charge is -2.04. The Balaban J connectivity index is 3.05. The highest BCUT2D eigenvalue weighted by Crippen LogP contribution is 2.19. The fourth-order valence-corrected chi connectivity index (χ4v) is 1.45. The zero-order valence-electron chi connectivity index (χ0n) is 9.98. The summed E-state index contributed by atoms with van der Waals surface area (Å²) in [6, 6.07) is 6.93. The largest absolute Gasteiger partial charge is 0.458 e. The fourth-order valence-electron chi connectivity index (χ4n) is 1.26. The van der Waals surface area contributed by atoms with E-state index in [1.54, 1.807) is 24.3 Å². The van der Waals surface area contributed by atoms with E-state index in [1.165, 1.54) is 19.1 Å². The quantitative estimate of drug-likeness (QED) is 0.270. The molecule has 1 rings (SSSR count). The van der Waals surface area contributed by atoms with Crippen LogP contribution in [-0.2, 0) is 14.3 Å². The van der Waals surface area contributed by atoms with E-state index in [0.29, 0.717) is 10.6 Å². The second kappa shape index (κ2) is 6.77. The number of hydrogen-bond acceptors (Lipinski definition) is 3. The molecular formula is C14H13ClO3. The molecule has 1 aromatic carbocycles. The Morgan fingerprint density at radius 2 is 2.06 bits per heavy atom. The Morgan fingerprint density at radius 3 is 2.61 bits per heavy atom. The van der Waals surface area contributed by atoms with Gasteiger partial charge in [-0.05, 0) is 24.6 Å². The number of hydrogen-bond donors (Lipinski definition) is 0. The van der Waals surface area contributed by atoms with Crippen LogP contribution in [-0.4, -0.2) is 18.4 Å². The molecule has 0 bridgehead atoms. The summed E-state index contributed by atoms with van der Waals surface area (Å²) in [4.78, 5) is 23.1. The summed E-state index contributed by atoms with van der Waals surface area (Å²) >= 11 is 5.96. The summed E-state index contributed by atoms with van der Waals surface area (Å²) in [5.41, 5.74) is 0.560. The number of halogens is 1. The molecule has 0 spiro atoms. The first kappa shape index (κ1) is 14.2. The zero-order chi connectivity index (χ0) is 13.5. The van der Waals surface area contributed by atoms with Crippen molar-refractivity contribution in [2.75, 3.05) is 6.61 Å². The van der Waals surface area contributed by atoms with Gasteiger partial charge in [0.2, 0.25) is 0 Å². The maximum Gasteiger partial charge on any atom is 0.342 e. The smallest absolute Gasteiger partial charge is 0.342 e. The normalized spacial score (nSPS) is 10.9. The highest BCUT2D eigenvalue weighted by atomic mass is 35.5. The molecule has 0 aliphatic heterocycles. The molecule has 0 heterocycles. The molecule has 0 aliphatic rings. The van der Waals surface area contributed by atoms with Crippen molar-refractivity contribution in [3.05, 3.63) is 53.1 Å². The monoisotopic (exact) mass is 264 g/mol. The number of ketones is 1. The summed E-state index contributed by atoms with van der Waals surface area (Å²) in [6.07, 6.45) is 2.86. The predicted octanol–water partition coefficient (Wildman–Crippen LogP) is 3.04. The first-order valence-electron chi connectivity index (χ1n) is 5.31. The van der Waals surface area contributed by atoms with Gasteiger partial charge in [0.15, 0.2) is 5.78 Å². The molecule has 0 saturated carbocycles. The van der Waals surface area contributed by atoms with Crippen LogP contribution in [0, 0.1) is 0 Å². The van der Waals surface area contributed by atoms with Crippen LogP contribution >= 0.6 is 11.6 Å². The van der Waals surface area contributed by atoms with Crippen LogP contribution in [0.2, 0.25) is 5.02 Å². The molecule has 1 aromatic rings. The molecule has 0 saturated heterocycles. The molecule has 0 N–H and O–H groups in total. The summed E-state index contributed by atoms with van der Waals surface area (Å²) in [5, 5.41) is 0.466. The zero-order valence-corrected chi connectivity index (χ0v) is 10.7. The van der Waals surface area contributed by atoms with Crippen molar-refractivity contribution in [3.8, 4) is 0 Å². The van der Waals surface area contributed by atoms with E-state index >= 15 is 0 Å². The van der Waals surface area contributed by atoms with Crippen molar-refractivity contribution in [3.63, 3.8) is 0 Å². The van der Waals surface area contributed by atoms with Crippen molar-refractivity contribution in [2.24, 2.45) is 0 Å². The van der Waals surface area contributed by atoms with E-state index < -0.39 is 5.97 Å². The van der Waals surface area contributed by atoms with Crippen molar-refractivity contribution < 1.29 is 14.3 Å². The summed E-state index contributed by atoms with van der Waals surface area (Å²) < 4.78 is 4.84. The van der Waals surface area contributed by atoms with Gasteiger partial charge in [0.1, 0.15) is 12.2 Å². The average molecular weight is 265 g/mol. The predicted molar refractivity (Wildman–Crippen MR) is 71.3 cm³/mol. The van der Waals surface area contributed by atoms with E-state index in [2.05, 4.69) is 6.58 Å². The van der Waals surface area contributed by atoms with Crippen LogP contribution in [0.1, 0.15) is 12.5 Å². The molecule has 0 atom stereocenters. The van der Waals surface area contributed by atoms with Crippen molar-refractivity contribution >= 4 is 29.4 Å². The Hall–Kier alpha value is -1.87. The minimum Gasteiger partial charge on any atom is -0.458 e. The fraction of sp³-hybridized carbons (Fsp3) is 0.143. The lowest BCUT2D eigenvalue weighted by molar-refractivity contribution is -0.139. The number of esters is 1. The molecule has 0 aliphatic carbocycles. The van der Waals surface area contributed by atoms with Gasteiger partial charge in [-0.1, -0.05) is 42.5 Å². The lowest BCUT2D eigenvalue weighted by atomic mass is 10.1. The standard InChI is InChI=1S/C14H13ClO3/c1-3-8-18-14(17)12(10(2)16)9-11-6-4-5-7-13(11)15/h3-7,9H,1,8H2,2H3/b12-9-. The van der Waals surface area contributed by atoms with Crippen LogP contribution in [0.4, 0.5) is 0 Å². The molecule has 0 amide bonds. The van der Waals surface area contributed by atoms with Gasteiger partial charge in [-0.25, -0.2) is 4.79 Å². The first-order valence-corrected chi connectivity index (χ1v) is 5.69. The molecule has 0 radical (unpaired) electrons. The second-order valence-electron chi connectivity index (χ2n) is 3.52. The number of carbonyl (C=O) groups excluding carboxylic acids is 2. The van der Waals surface area contributed by atoms with Gasteiger partial charge in [0.25, 0.3) is 0 Å². The van der Waals surface area contributed by atoms with E-state index in [4.69, 9.17) is 16.3 Å². The van der Waals surface area contributed by atoms with Gasteiger partial charge < -0.3 is 4.74 Å². The van der Waals surface area contributed by atoms with Crippen LogP contribution in [0.3, 0.4) is 0 Å². The molecule has 94 valence electrons. The molecule has 18 heavy (non-hydrogen) atoms. The van der Waals surface area contributed by atoms with Gasteiger partial charge in [0.05, 0.1) is 0 Å². The third-order valence-electron chi connectivity index (χ3n) is 2.14. The summed E-state index contributed by atoms with van der Waals surface area (Å²) in [7, 11) is 0. The van der Waals surface area contributed by atoms with E-state index in [0.717, 1.165) is 0 Å². The summed E-state index contributed by atoms with van der Waals surface area (Å²) in [6.45, 7) is 4.80. The van der Waals surface area contributed by atoms with Gasteiger partial charge in [-0.2, -0.15) is 0 Å². The van der Waals surface area contributed by atoms with E-state index in [9.17, 15) is 9.59 Å². The number of Topliss-reactive ketones (excluding diaryl/α,β-unsaturated/α-hetero) is 1. The van der Waals surface area contributed by atoms with Gasteiger partial charge >= 0.3 is 5.97 Å². The maximum absolute atomic E-state index is 11.7. The maximum atomic E-state index is 11.7. The Bertz CT molecular complexity index is 504. The number of carbonyl (C=O) groups is 2. The van der Waals surface area contributed by atoms with Crippen LogP contribution in [0.5, 0.6) is 0 Å². The third-order valence-corrected chi connectivity index (χ3v) is 2.48. The average Bonchev–Trinajstić information content (AvgIpc) is 2.34. The van der Waals surface area contributed by atoms with Crippen molar-refractivity contribution in [1.82, 2.24) is 0 Å². The molecule has 3 nitrogen and oxygen atoms in total. The topological polar surface area (TPSA) is 43.4 Å². The van der Waals surface area contributed by atoms with Crippen LogP contribution in [0.25, 0.3) is 6.08 Å². The van der Waals surface area contributed by atoms with Gasteiger partial charge in [-0.15, -0.1) is 0 Å². The molecule has 0 unspecified atom stereocenters. The van der Waals surface area contributed by atoms with E-state index in [-0.39, 0.29) is 18.0 Å². The number of ether oxygens (including phenoxy) is 1. The van der Waals surface area contributed by atoms with Crippen molar-refractivity contribution in [1.29, 1.82) is 0 Å². The van der Waals surface area contributed by atoms with Gasteiger partial charge in [-0.3, -0.25) is 4.79 Å². The SMILES string of the molecule is C=CCOC(=O)/C(=C\c1ccccc1Cl)C(C)=O. The van der Waals surface area contributed by atoms with Gasteiger partial charge in [0, 0.05) is 5.02 Å². The second-order valence-corrected chi connectivity index (χ2v) is 3.93. The third kappa shape index (κ3) is 3.86. The highest BCUT2D eigenvalue weighted by Gasteiger charge is 2.16. The Kier molecular flexibility index (Phi) is 5.33. The van der Waals surface area contributed by atoms with Crippen molar-refractivity contribution in [2.45, 2.75) is 6.92 Å². The van der Waals surface area contributed by atoms with Crippen LogP contribution < -0.4 is 0 Å². The molecular weight excluding hydrogens is 252 g/mol. The minimum absolute atomic E-state index is 0.0371. The Labute approximate surface area is 111 Å². The lowest BCUT2D eigenvalue weighted by Crippen LogP contribution is -2.13. The Morgan fingerprint density at radius 1 is 1.39 bits per heavy atom. The van der Waals surface area contributed by atoms with E-state index in [1.807, 2.05) is 0 Å². The highest BCUT2D eigenvalue weighted by molar-refractivity contribution is 6.32. The summed E-state index contributed by atoms with van der Waals surface area (Å²) in [5.74, 6) is -1.05. The molecule has 0 aromatic heterocycles.